The summed E-state index contributed by atoms with van der Waals surface area (Å²) in [5.41, 5.74) is 8.07. The minimum Gasteiger partial charge on any atom is -0.251 e. The summed E-state index contributed by atoms with van der Waals surface area (Å²) < 4.78 is 0. The summed E-state index contributed by atoms with van der Waals surface area (Å²) in [5.74, 6) is 0.462. The standard InChI is InChI=1S/C24H23NS2/c1-15-13-17-7-5-8-18-23(19(17)14-16(15)2)25-20-9-3-4-10-21(20)27-24(18)22-11-6-12-26-22/h3-4,6,9-14,18,24H,5,7-8H2,1-2H3. The SMILES string of the molecule is Cc1cc2c(cc1C)C1=Nc3ccccc3SC(c3cccs3)C1CCC2. The average Bonchev–Trinajstić information content (AvgIpc) is 3.08. The van der Waals surface area contributed by atoms with Crippen molar-refractivity contribution in [1.82, 2.24) is 0 Å². The molecule has 27 heavy (non-hydrogen) atoms. The second-order valence-corrected chi connectivity index (χ2v) is 9.77. The fourth-order valence-electron chi connectivity index (χ4n) is 4.32. The third-order valence-electron chi connectivity index (χ3n) is 5.86. The molecule has 2 heterocycles. The summed E-state index contributed by atoms with van der Waals surface area (Å²) in [4.78, 5) is 8.07. The number of nitrogens with zero attached hydrogens (tertiary/aromatic N) is 1. The number of rotatable bonds is 1. The third-order valence-corrected chi connectivity index (χ3v) is 8.40. The van der Waals surface area contributed by atoms with Crippen molar-refractivity contribution in [2.75, 3.05) is 0 Å². The van der Waals surface area contributed by atoms with Crippen LogP contribution in [0.2, 0.25) is 0 Å². The van der Waals surface area contributed by atoms with Gasteiger partial charge >= 0.3 is 0 Å². The van der Waals surface area contributed by atoms with Gasteiger partial charge in [0.25, 0.3) is 0 Å². The van der Waals surface area contributed by atoms with E-state index in [1.54, 1.807) is 0 Å². The summed E-state index contributed by atoms with van der Waals surface area (Å²) in [6.45, 7) is 4.46. The van der Waals surface area contributed by atoms with Crippen molar-refractivity contribution >= 4 is 34.5 Å². The number of thioether (sulfide) groups is 1. The maximum atomic E-state index is 5.29. The molecule has 0 saturated heterocycles. The summed E-state index contributed by atoms with van der Waals surface area (Å²) in [6.07, 6.45) is 3.60. The van der Waals surface area contributed by atoms with Gasteiger partial charge in [-0.2, -0.15) is 0 Å². The van der Waals surface area contributed by atoms with Crippen molar-refractivity contribution in [2.24, 2.45) is 10.9 Å². The highest BCUT2D eigenvalue weighted by molar-refractivity contribution is 7.99. The average molecular weight is 390 g/mol. The lowest BCUT2D eigenvalue weighted by molar-refractivity contribution is 0.594. The molecule has 1 aliphatic carbocycles. The van der Waals surface area contributed by atoms with Gasteiger partial charge in [-0.3, -0.25) is 4.99 Å². The minimum absolute atomic E-state index is 0.444. The van der Waals surface area contributed by atoms with Crippen molar-refractivity contribution in [3.63, 3.8) is 0 Å². The summed E-state index contributed by atoms with van der Waals surface area (Å²) in [7, 11) is 0. The molecule has 3 heteroatoms. The van der Waals surface area contributed by atoms with Crippen LogP contribution in [-0.4, -0.2) is 5.71 Å². The number of hydrogen-bond donors (Lipinski definition) is 0. The van der Waals surface area contributed by atoms with Crippen molar-refractivity contribution in [3.8, 4) is 0 Å². The van der Waals surface area contributed by atoms with Crippen LogP contribution in [0.25, 0.3) is 0 Å². The molecule has 2 aromatic carbocycles. The molecule has 0 N–H and O–H groups in total. The van der Waals surface area contributed by atoms with Crippen molar-refractivity contribution in [3.05, 3.63) is 81.0 Å². The molecule has 0 fully saturated rings. The zero-order valence-corrected chi connectivity index (χ0v) is 17.4. The number of para-hydroxylation sites is 1. The fourth-order valence-corrected chi connectivity index (χ4v) is 6.69. The monoisotopic (exact) mass is 389 g/mol. The number of fused-ring (bicyclic) bond motifs is 4. The molecule has 3 aromatic rings. The zero-order chi connectivity index (χ0) is 18.4. The van der Waals surface area contributed by atoms with Crippen LogP contribution in [0.15, 0.2) is 63.8 Å². The minimum atomic E-state index is 0.444. The Hall–Kier alpha value is -1.84. The van der Waals surface area contributed by atoms with Crippen LogP contribution in [0.4, 0.5) is 5.69 Å². The molecule has 2 atom stereocenters. The van der Waals surface area contributed by atoms with Gasteiger partial charge in [-0.1, -0.05) is 24.3 Å². The van der Waals surface area contributed by atoms with E-state index in [0.717, 1.165) is 12.1 Å². The van der Waals surface area contributed by atoms with E-state index in [4.69, 9.17) is 4.99 Å². The van der Waals surface area contributed by atoms with Gasteiger partial charge in [0.2, 0.25) is 0 Å². The van der Waals surface area contributed by atoms with E-state index in [9.17, 15) is 0 Å². The molecule has 5 rings (SSSR count). The van der Waals surface area contributed by atoms with Gasteiger partial charge in [0.05, 0.1) is 16.6 Å². The first-order chi connectivity index (χ1) is 13.2. The predicted octanol–water partition coefficient (Wildman–Crippen LogP) is 7.29. The summed E-state index contributed by atoms with van der Waals surface area (Å²) >= 11 is 3.90. The first kappa shape index (κ1) is 17.3. The molecule has 0 saturated carbocycles. The molecule has 136 valence electrons. The Kier molecular flexibility index (Phi) is 4.45. The molecule has 1 aliphatic heterocycles. The number of hydrogen-bond acceptors (Lipinski definition) is 3. The number of thiophene rings is 1. The summed E-state index contributed by atoms with van der Waals surface area (Å²) in [5, 5.41) is 2.65. The van der Waals surface area contributed by atoms with Crippen molar-refractivity contribution in [1.29, 1.82) is 0 Å². The Morgan fingerprint density at radius 3 is 2.70 bits per heavy atom. The highest BCUT2D eigenvalue weighted by Gasteiger charge is 2.35. The lowest BCUT2D eigenvalue weighted by Gasteiger charge is -2.25. The molecule has 2 aliphatic rings. The van der Waals surface area contributed by atoms with Crippen molar-refractivity contribution in [2.45, 2.75) is 43.3 Å². The van der Waals surface area contributed by atoms with Gasteiger partial charge in [0.15, 0.2) is 0 Å². The van der Waals surface area contributed by atoms with E-state index < -0.39 is 0 Å². The van der Waals surface area contributed by atoms with E-state index >= 15 is 0 Å². The predicted molar refractivity (Wildman–Crippen MR) is 118 cm³/mol. The summed E-state index contributed by atoms with van der Waals surface area (Å²) in [6, 6.07) is 18.0. The van der Waals surface area contributed by atoms with Gasteiger partial charge in [0, 0.05) is 15.7 Å². The Balaban J connectivity index is 1.75. The Labute approximate surface area is 169 Å². The smallest absolute Gasteiger partial charge is 0.0769 e. The Morgan fingerprint density at radius 1 is 1.00 bits per heavy atom. The largest absolute Gasteiger partial charge is 0.251 e. The topological polar surface area (TPSA) is 12.4 Å². The molecular formula is C24H23NS2. The van der Waals surface area contributed by atoms with E-state index in [1.165, 1.54) is 50.6 Å². The van der Waals surface area contributed by atoms with E-state index in [-0.39, 0.29) is 0 Å². The molecule has 1 nitrogen and oxygen atoms in total. The lowest BCUT2D eigenvalue weighted by atomic mass is 9.88. The molecular weight excluding hydrogens is 366 g/mol. The van der Waals surface area contributed by atoms with Crippen LogP contribution in [-0.2, 0) is 6.42 Å². The van der Waals surface area contributed by atoms with Gasteiger partial charge in [0.1, 0.15) is 0 Å². The van der Waals surface area contributed by atoms with Crippen LogP contribution >= 0.6 is 23.1 Å². The first-order valence-corrected chi connectivity index (χ1v) is 11.4. The second-order valence-electron chi connectivity index (χ2n) is 7.61. The van der Waals surface area contributed by atoms with Gasteiger partial charge in [-0.05, 0) is 85.0 Å². The number of benzene rings is 2. The Bertz CT molecular complexity index is 1020. The molecule has 0 amide bonds. The van der Waals surface area contributed by atoms with Crippen molar-refractivity contribution < 1.29 is 0 Å². The Morgan fingerprint density at radius 2 is 1.85 bits per heavy atom. The molecule has 0 bridgehead atoms. The van der Waals surface area contributed by atoms with Gasteiger partial charge < -0.3 is 0 Å². The lowest BCUT2D eigenvalue weighted by Crippen LogP contribution is -2.20. The highest BCUT2D eigenvalue weighted by atomic mass is 32.2. The van der Waals surface area contributed by atoms with Crippen LogP contribution in [0.3, 0.4) is 0 Å². The number of aryl methyl sites for hydroxylation is 3. The van der Waals surface area contributed by atoms with Crippen LogP contribution in [0.5, 0.6) is 0 Å². The fraction of sp³-hybridized carbons (Fsp3) is 0.292. The molecule has 0 radical (unpaired) electrons. The van der Waals surface area contributed by atoms with Crippen LogP contribution in [0, 0.1) is 19.8 Å². The van der Waals surface area contributed by atoms with Crippen LogP contribution in [0.1, 0.15) is 45.2 Å². The second kappa shape index (κ2) is 6.96. The maximum Gasteiger partial charge on any atom is 0.0769 e. The van der Waals surface area contributed by atoms with E-state index in [2.05, 4.69) is 67.8 Å². The number of aliphatic imine (C=N–C) groups is 1. The van der Waals surface area contributed by atoms with Crippen LogP contribution < -0.4 is 0 Å². The quantitative estimate of drug-likeness (QED) is 0.426. The third kappa shape index (κ3) is 3.07. The first-order valence-electron chi connectivity index (χ1n) is 9.69. The zero-order valence-electron chi connectivity index (χ0n) is 15.7. The maximum absolute atomic E-state index is 5.29. The van der Waals surface area contributed by atoms with E-state index in [0.29, 0.717) is 11.2 Å². The van der Waals surface area contributed by atoms with Gasteiger partial charge in [-0.25, -0.2) is 0 Å². The highest BCUT2D eigenvalue weighted by Crippen LogP contribution is 2.51. The molecule has 2 unspecified atom stereocenters. The van der Waals surface area contributed by atoms with E-state index in [1.807, 2.05) is 23.1 Å². The normalized spacial score (nSPS) is 21.3. The van der Waals surface area contributed by atoms with Gasteiger partial charge in [-0.15, -0.1) is 23.1 Å². The molecule has 0 spiro atoms. The molecule has 1 aromatic heterocycles.